The van der Waals surface area contributed by atoms with Crippen LogP contribution in [0, 0.1) is 3.57 Å². The zero-order chi connectivity index (χ0) is 17.0. The van der Waals surface area contributed by atoms with E-state index in [1.807, 2.05) is 12.1 Å². The highest BCUT2D eigenvalue weighted by molar-refractivity contribution is 14.1. The second-order valence-corrected chi connectivity index (χ2v) is 7.34. The van der Waals surface area contributed by atoms with E-state index < -0.39 is 0 Å². The van der Waals surface area contributed by atoms with Gasteiger partial charge in [0, 0.05) is 19.9 Å². The van der Waals surface area contributed by atoms with Gasteiger partial charge in [0.05, 0.1) is 11.0 Å². The lowest BCUT2D eigenvalue weighted by atomic mass is 10.0. The van der Waals surface area contributed by atoms with Crippen LogP contribution in [0.5, 0.6) is 5.75 Å². The van der Waals surface area contributed by atoms with Crippen LogP contribution in [-0.2, 0) is 0 Å². The Labute approximate surface area is 157 Å². The Morgan fingerprint density at radius 1 is 0.800 bits per heavy atom. The number of nitrogens with zero attached hydrogens (tertiary/aromatic N) is 1. The summed E-state index contributed by atoms with van der Waals surface area (Å²) in [6.45, 7) is 0. The Morgan fingerprint density at radius 2 is 1.60 bits per heavy atom. The van der Waals surface area contributed by atoms with Crippen LogP contribution in [0.3, 0.4) is 0 Å². The van der Waals surface area contributed by atoms with Crippen molar-refractivity contribution >= 4 is 55.2 Å². The number of imidazole rings is 1. The molecule has 3 nitrogen and oxygen atoms in total. The van der Waals surface area contributed by atoms with Crippen LogP contribution in [0.15, 0.2) is 66.7 Å². The molecule has 2 N–H and O–H groups in total. The number of hydrogen-bond donors (Lipinski definition) is 2. The molecular formula is C21H13IN2O. The molecular weight excluding hydrogens is 423 g/mol. The highest BCUT2D eigenvalue weighted by Gasteiger charge is 2.14. The van der Waals surface area contributed by atoms with E-state index in [-0.39, 0.29) is 5.75 Å². The van der Waals surface area contributed by atoms with Gasteiger partial charge in [-0.25, -0.2) is 4.98 Å². The molecule has 1 heterocycles. The minimum Gasteiger partial charge on any atom is -0.508 e. The Bertz CT molecular complexity index is 1270. The molecule has 0 aliphatic carbocycles. The fourth-order valence-corrected chi connectivity index (χ4v) is 3.93. The van der Waals surface area contributed by atoms with Gasteiger partial charge < -0.3 is 10.1 Å². The number of nitrogens with one attached hydrogen (secondary N) is 1. The normalized spacial score (nSPS) is 11.6. The van der Waals surface area contributed by atoms with Gasteiger partial charge in [0.2, 0.25) is 0 Å². The number of benzene rings is 4. The van der Waals surface area contributed by atoms with Gasteiger partial charge in [-0.2, -0.15) is 0 Å². The maximum Gasteiger partial charge on any atom is 0.138 e. The maximum absolute atomic E-state index is 9.79. The minimum absolute atomic E-state index is 0.238. The van der Waals surface area contributed by atoms with Gasteiger partial charge >= 0.3 is 0 Å². The van der Waals surface area contributed by atoms with Crippen molar-refractivity contribution in [1.29, 1.82) is 0 Å². The molecule has 4 heteroatoms. The SMILES string of the molecule is Oc1cccc(-c2nc3c4cc(I)ccc4c4ccccc4c3[nH]2)c1. The van der Waals surface area contributed by atoms with Gasteiger partial charge in [-0.15, -0.1) is 0 Å². The molecule has 5 rings (SSSR count). The fourth-order valence-electron chi connectivity index (χ4n) is 3.44. The number of aromatic hydroxyl groups is 1. The molecule has 0 unspecified atom stereocenters. The summed E-state index contributed by atoms with van der Waals surface area (Å²) in [4.78, 5) is 8.34. The van der Waals surface area contributed by atoms with Crippen molar-refractivity contribution in [3.8, 4) is 17.1 Å². The number of H-pyrrole nitrogens is 1. The standard InChI is InChI=1S/C21H13IN2O/c22-13-8-9-16-15-6-1-2-7-17(15)19-20(18(16)11-13)24-21(23-19)12-4-3-5-14(25)10-12/h1-11,25H,(H,23,24). The van der Waals surface area contributed by atoms with Gasteiger partial charge in [0.25, 0.3) is 0 Å². The largest absolute Gasteiger partial charge is 0.508 e. The molecule has 120 valence electrons. The van der Waals surface area contributed by atoms with E-state index >= 15 is 0 Å². The van der Waals surface area contributed by atoms with Gasteiger partial charge in [-0.05, 0) is 57.6 Å². The lowest BCUT2D eigenvalue weighted by Gasteiger charge is -2.06. The van der Waals surface area contributed by atoms with Crippen molar-refractivity contribution in [2.24, 2.45) is 0 Å². The summed E-state index contributed by atoms with van der Waals surface area (Å²) in [5, 5.41) is 14.5. The third kappa shape index (κ3) is 2.28. The highest BCUT2D eigenvalue weighted by atomic mass is 127. The zero-order valence-corrected chi connectivity index (χ0v) is 15.3. The zero-order valence-electron chi connectivity index (χ0n) is 13.1. The van der Waals surface area contributed by atoms with Crippen molar-refractivity contribution in [3.63, 3.8) is 0 Å². The monoisotopic (exact) mass is 436 g/mol. The summed E-state index contributed by atoms with van der Waals surface area (Å²) in [6.07, 6.45) is 0. The molecule has 0 fully saturated rings. The smallest absolute Gasteiger partial charge is 0.138 e. The summed E-state index contributed by atoms with van der Waals surface area (Å²) >= 11 is 2.34. The third-order valence-corrected chi connectivity index (χ3v) is 5.22. The molecule has 0 atom stereocenters. The van der Waals surface area contributed by atoms with Crippen molar-refractivity contribution in [1.82, 2.24) is 9.97 Å². The first kappa shape index (κ1) is 14.7. The first-order valence-corrected chi connectivity index (χ1v) is 9.08. The Balaban J connectivity index is 1.96. The van der Waals surface area contributed by atoms with Crippen LogP contribution < -0.4 is 0 Å². The number of rotatable bonds is 1. The Morgan fingerprint density at radius 3 is 2.44 bits per heavy atom. The summed E-state index contributed by atoms with van der Waals surface area (Å²) in [6, 6.07) is 22.0. The number of fused-ring (bicyclic) bond motifs is 6. The summed E-state index contributed by atoms with van der Waals surface area (Å²) in [5.41, 5.74) is 2.87. The summed E-state index contributed by atoms with van der Waals surface area (Å²) < 4.78 is 1.18. The molecule has 25 heavy (non-hydrogen) atoms. The minimum atomic E-state index is 0.238. The van der Waals surface area contributed by atoms with Gasteiger partial charge in [-0.3, -0.25) is 0 Å². The van der Waals surface area contributed by atoms with E-state index in [1.54, 1.807) is 12.1 Å². The number of halogens is 1. The van der Waals surface area contributed by atoms with E-state index in [0.717, 1.165) is 33.2 Å². The molecule has 0 spiro atoms. The van der Waals surface area contributed by atoms with E-state index in [2.05, 4.69) is 70.0 Å². The van der Waals surface area contributed by atoms with Crippen molar-refractivity contribution in [3.05, 3.63) is 70.3 Å². The Kier molecular flexibility index (Phi) is 3.21. The number of aromatic amines is 1. The van der Waals surface area contributed by atoms with E-state index in [9.17, 15) is 5.11 Å². The second kappa shape index (κ2) is 5.46. The van der Waals surface area contributed by atoms with E-state index in [1.165, 1.54) is 14.3 Å². The first-order chi connectivity index (χ1) is 12.2. The average Bonchev–Trinajstić information content (AvgIpc) is 3.08. The number of hydrogen-bond acceptors (Lipinski definition) is 2. The van der Waals surface area contributed by atoms with E-state index in [4.69, 9.17) is 4.98 Å². The molecule has 0 saturated carbocycles. The van der Waals surface area contributed by atoms with Crippen molar-refractivity contribution < 1.29 is 5.11 Å². The van der Waals surface area contributed by atoms with Crippen LogP contribution in [0.2, 0.25) is 0 Å². The predicted molar refractivity (Wildman–Crippen MR) is 111 cm³/mol. The van der Waals surface area contributed by atoms with Crippen LogP contribution >= 0.6 is 22.6 Å². The molecule has 0 bridgehead atoms. The molecule has 1 aromatic heterocycles. The van der Waals surface area contributed by atoms with Crippen molar-refractivity contribution in [2.45, 2.75) is 0 Å². The van der Waals surface area contributed by atoms with Gasteiger partial charge in [0.15, 0.2) is 0 Å². The molecule has 0 aliphatic rings. The first-order valence-electron chi connectivity index (χ1n) is 8.00. The number of phenolic OH excluding ortho intramolecular Hbond substituents is 1. The highest BCUT2D eigenvalue weighted by Crippen LogP contribution is 2.36. The molecule has 0 saturated heterocycles. The van der Waals surface area contributed by atoms with Crippen LogP contribution in [0.4, 0.5) is 0 Å². The fraction of sp³-hybridized carbons (Fsp3) is 0. The molecule has 0 amide bonds. The van der Waals surface area contributed by atoms with Crippen LogP contribution in [0.25, 0.3) is 44.0 Å². The second-order valence-electron chi connectivity index (χ2n) is 6.09. The molecule has 0 aliphatic heterocycles. The maximum atomic E-state index is 9.79. The van der Waals surface area contributed by atoms with E-state index in [0.29, 0.717) is 0 Å². The quantitative estimate of drug-likeness (QED) is 0.256. The van der Waals surface area contributed by atoms with Crippen LogP contribution in [-0.4, -0.2) is 15.1 Å². The number of phenols is 1. The summed E-state index contributed by atoms with van der Waals surface area (Å²) in [5.74, 6) is 1.00. The lowest BCUT2D eigenvalue weighted by Crippen LogP contribution is -1.83. The molecule has 4 aromatic carbocycles. The third-order valence-electron chi connectivity index (χ3n) is 4.55. The predicted octanol–water partition coefficient (Wildman–Crippen LogP) is 5.85. The number of aromatic nitrogens is 2. The molecule has 5 aromatic rings. The Hall–Kier alpha value is -2.60. The van der Waals surface area contributed by atoms with Gasteiger partial charge in [0.1, 0.15) is 11.6 Å². The lowest BCUT2D eigenvalue weighted by molar-refractivity contribution is 0.475. The van der Waals surface area contributed by atoms with Gasteiger partial charge in [-0.1, -0.05) is 42.5 Å². The van der Waals surface area contributed by atoms with Crippen LogP contribution in [0.1, 0.15) is 0 Å². The summed E-state index contributed by atoms with van der Waals surface area (Å²) in [7, 11) is 0. The topological polar surface area (TPSA) is 48.9 Å². The average molecular weight is 436 g/mol. The van der Waals surface area contributed by atoms with Crippen molar-refractivity contribution in [2.75, 3.05) is 0 Å². The molecule has 0 radical (unpaired) electrons.